The molecule has 0 aromatic carbocycles. The normalized spacial score (nSPS) is 20.8. The number of aryl methyl sites for hydroxylation is 2. The molecular weight excluding hydrogens is 340 g/mol. The van der Waals surface area contributed by atoms with Gasteiger partial charge in [0.1, 0.15) is 5.69 Å². The molecule has 3 rings (SSSR count). The van der Waals surface area contributed by atoms with Crippen LogP contribution in [0, 0.1) is 25.7 Å². The summed E-state index contributed by atoms with van der Waals surface area (Å²) in [7, 11) is 1.91. The van der Waals surface area contributed by atoms with Gasteiger partial charge in [0, 0.05) is 37.9 Å². The topological polar surface area (TPSA) is 78.8 Å². The van der Waals surface area contributed by atoms with Gasteiger partial charge in [0.2, 0.25) is 0 Å². The summed E-state index contributed by atoms with van der Waals surface area (Å²) >= 11 is 0. The van der Waals surface area contributed by atoms with E-state index in [1.54, 1.807) is 6.07 Å². The van der Waals surface area contributed by atoms with E-state index in [0.29, 0.717) is 12.2 Å². The maximum atomic E-state index is 12.4. The summed E-state index contributed by atoms with van der Waals surface area (Å²) in [5, 5.41) is 14.6. The van der Waals surface area contributed by atoms with Gasteiger partial charge in [-0.1, -0.05) is 13.8 Å². The Morgan fingerprint density at radius 2 is 2.00 bits per heavy atom. The molecule has 2 aromatic heterocycles. The van der Waals surface area contributed by atoms with E-state index in [2.05, 4.69) is 39.4 Å². The van der Waals surface area contributed by atoms with Gasteiger partial charge in [0.15, 0.2) is 0 Å². The van der Waals surface area contributed by atoms with Crippen LogP contribution in [-0.4, -0.2) is 57.0 Å². The molecule has 2 N–H and O–H groups in total. The number of likely N-dealkylation sites (tertiary alicyclic amines) is 1. The standard InChI is InChI=1S/C20H32N6O/c1-13-9-14(2)12-26(11-13)8-6-7-21-20(27)18-10-17(22-23-18)19-15(3)24-25(5)16(19)4/h10,13-14H,6-9,11-12H2,1-5H3,(H,21,27)(H,22,23). The minimum atomic E-state index is -0.103. The summed E-state index contributed by atoms with van der Waals surface area (Å²) in [6.45, 7) is 12.7. The Bertz CT molecular complexity index is 782. The fraction of sp³-hybridized carbons (Fsp3) is 0.650. The number of carbonyl (C=O) groups excluding carboxylic acids is 1. The number of hydrogen-bond acceptors (Lipinski definition) is 4. The van der Waals surface area contributed by atoms with Gasteiger partial charge < -0.3 is 10.2 Å². The lowest BCUT2D eigenvalue weighted by atomic mass is 9.92. The zero-order chi connectivity index (χ0) is 19.6. The van der Waals surface area contributed by atoms with Gasteiger partial charge in [-0.3, -0.25) is 14.6 Å². The molecule has 0 bridgehead atoms. The van der Waals surface area contributed by atoms with Gasteiger partial charge in [-0.05, 0) is 51.1 Å². The van der Waals surface area contributed by atoms with Gasteiger partial charge in [0.05, 0.1) is 11.4 Å². The Morgan fingerprint density at radius 3 is 2.63 bits per heavy atom. The van der Waals surface area contributed by atoms with Crippen molar-refractivity contribution in [1.29, 1.82) is 0 Å². The second-order valence-electron chi connectivity index (χ2n) is 8.15. The molecule has 3 heterocycles. The van der Waals surface area contributed by atoms with Crippen molar-refractivity contribution in [2.75, 3.05) is 26.2 Å². The maximum Gasteiger partial charge on any atom is 0.269 e. The van der Waals surface area contributed by atoms with Crippen LogP contribution in [0.25, 0.3) is 11.3 Å². The minimum absolute atomic E-state index is 0.103. The van der Waals surface area contributed by atoms with Crippen molar-refractivity contribution in [2.45, 2.75) is 40.5 Å². The second-order valence-corrected chi connectivity index (χ2v) is 8.15. The Hall–Kier alpha value is -2.15. The highest BCUT2D eigenvalue weighted by Crippen LogP contribution is 2.25. The highest BCUT2D eigenvalue weighted by Gasteiger charge is 2.21. The summed E-state index contributed by atoms with van der Waals surface area (Å²) in [6.07, 6.45) is 2.29. The van der Waals surface area contributed by atoms with Crippen LogP contribution in [0.1, 0.15) is 48.6 Å². The number of nitrogens with zero attached hydrogens (tertiary/aromatic N) is 4. The molecule has 0 saturated carbocycles. The third kappa shape index (κ3) is 4.58. The molecule has 148 valence electrons. The van der Waals surface area contributed by atoms with Gasteiger partial charge in [-0.25, -0.2) is 0 Å². The molecule has 2 aromatic rings. The second kappa shape index (κ2) is 8.25. The Balaban J connectivity index is 1.50. The summed E-state index contributed by atoms with van der Waals surface area (Å²) in [4.78, 5) is 14.9. The predicted molar refractivity (Wildman–Crippen MR) is 107 cm³/mol. The number of nitrogens with one attached hydrogen (secondary N) is 2. The molecule has 1 fully saturated rings. The zero-order valence-electron chi connectivity index (χ0n) is 17.2. The van der Waals surface area contributed by atoms with Crippen LogP contribution >= 0.6 is 0 Å². The van der Waals surface area contributed by atoms with Crippen molar-refractivity contribution in [3.05, 3.63) is 23.1 Å². The highest BCUT2D eigenvalue weighted by molar-refractivity contribution is 5.93. The maximum absolute atomic E-state index is 12.4. The number of aromatic nitrogens is 4. The molecule has 2 atom stereocenters. The van der Waals surface area contributed by atoms with Crippen molar-refractivity contribution in [2.24, 2.45) is 18.9 Å². The van der Waals surface area contributed by atoms with Crippen molar-refractivity contribution < 1.29 is 4.79 Å². The van der Waals surface area contributed by atoms with Crippen molar-refractivity contribution in [3.8, 4) is 11.3 Å². The number of piperidine rings is 1. The zero-order valence-corrected chi connectivity index (χ0v) is 17.2. The lowest BCUT2D eigenvalue weighted by Gasteiger charge is -2.34. The van der Waals surface area contributed by atoms with E-state index in [1.807, 2.05) is 25.6 Å². The lowest BCUT2D eigenvalue weighted by Crippen LogP contribution is -2.40. The predicted octanol–water partition coefficient (Wildman–Crippen LogP) is 2.52. The smallest absolute Gasteiger partial charge is 0.269 e. The van der Waals surface area contributed by atoms with Crippen molar-refractivity contribution >= 4 is 5.91 Å². The van der Waals surface area contributed by atoms with Gasteiger partial charge in [-0.15, -0.1) is 0 Å². The molecule has 27 heavy (non-hydrogen) atoms. The summed E-state index contributed by atoms with van der Waals surface area (Å²) in [5.41, 5.74) is 4.20. The number of hydrogen-bond donors (Lipinski definition) is 2. The van der Waals surface area contributed by atoms with E-state index in [1.165, 1.54) is 19.5 Å². The van der Waals surface area contributed by atoms with Gasteiger partial charge in [-0.2, -0.15) is 10.2 Å². The Kier molecular flexibility index (Phi) is 5.99. The SMILES string of the molecule is Cc1nn(C)c(C)c1-c1cc(C(=O)NCCCN2CC(C)CC(C)C2)[nH]n1. The molecule has 7 heteroatoms. The summed E-state index contributed by atoms with van der Waals surface area (Å²) in [6, 6.07) is 1.81. The molecule has 1 amide bonds. The van der Waals surface area contributed by atoms with Gasteiger partial charge in [0.25, 0.3) is 5.91 Å². The van der Waals surface area contributed by atoms with Crippen LogP contribution in [0.15, 0.2) is 6.07 Å². The van der Waals surface area contributed by atoms with Crippen molar-refractivity contribution in [3.63, 3.8) is 0 Å². The van der Waals surface area contributed by atoms with E-state index in [-0.39, 0.29) is 5.91 Å². The quantitative estimate of drug-likeness (QED) is 0.764. The highest BCUT2D eigenvalue weighted by atomic mass is 16.1. The summed E-state index contributed by atoms with van der Waals surface area (Å²) < 4.78 is 1.83. The average Bonchev–Trinajstić information content (AvgIpc) is 3.16. The van der Waals surface area contributed by atoms with E-state index in [0.717, 1.165) is 47.4 Å². The molecule has 7 nitrogen and oxygen atoms in total. The Morgan fingerprint density at radius 1 is 1.30 bits per heavy atom. The van der Waals surface area contributed by atoms with Crippen LogP contribution in [0.4, 0.5) is 0 Å². The van der Waals surface area contributed by atoms with Crippen LogP contribution < -0.4 is 5.32 Å². The first-order valence-corrected chi connectivity index (χ1v) is 9.91. The largest absolute Gasteiger partial charge is 0.351 e. The monoisotopic (exact) mass is 372 g/mol. The van der Waals surface area contributed by atoms with Crippen LogP contribution in [0.3, 0.4) is 0 Å². The molecule has 1 saturated heterocycles. The number of amides is 1. The van der Waals surface area contributed by atoms with Crippen molar-refractivity contribution in [1.82, 2.24) is 30.2 Å². The van der Waals surface area contributed by atoms with Crippen LogP contribution in [0.2, 0.25) is 0 Å². The molecule has 2 unspecified atom stereocenters. The summed E-state index contributed by atoms with van der Waals surface area (Å²) in [5.74, 6) is 1.44. The number of rotatable bonds is 6. The fourth-order valence-corrected chi connectivity index (χ4v) is 4.28. The molecule has 1 aliphatic heterocycles. The molecule has 0 spiro atoms. The van der Waals surface area contributed by atoms with Crippen LogP contribution in [-0.2, 0) is 7.05 Å². The first-order chi connectivity index (χ1) is 12.8. The molecule has 0 radical (unpaired) electrons. The minimum Gasteiger partial charge on any atom is -0.351 e. The number of H-pyrrole nitrogens is 1. The lowest BCUT2D eigenvalue weighted by molar-refractivity contribution is 0.0942. The third-order valence-electron chi connectivity index (χ3n) is 5.47. The van der Waals surface area contributed by atoms with E-state index in [9.17, 15) is 4.79 Å². The molecule has 0 aliphatic carbocycles. The number of aromatic amines is 1. The fourth-order valence-electron chi connectivity index (χ4n) is 4.28. The van der Waals surface area contributed by atoms with E-state index < -0.39 is 0 Å². The van der Waals surface area contributed by atoms with E-state index >= 15 is 0 Å². The number of carbonyl (C=O) groups is 1. The van der Waals surface area contributed by atoms with E-state index in [4.69, 9.17) is 0 Å². The van der Waals surface area contributed by atoms with Crippen LogP contribution in [0.5, 0.6) is 0 Å². The van der Waals surface area contributed by atoms with Gasteiger partial charge >= 0.3 is 0 Å². The Labute approximate surface area is 161 Å². The molecular formula is C20H32N6O. The first kappa shape index (κ1) is 19.6. The first-order valence-electron chi connectivity index (χ1n) is 9.91. The average molecular weight is 373 g/mol. The third-order valence-corrected chi connectivity index (χ3v) is 5.47. The molecule has 1 aliphatic rings.